The topological polar surface area (TPSA) is 66.5 Å². The van der Waals surface area contributed by atoms with E-state index in [2.05, 4.69) is 11.6 Å². The molecule has 22 heavy (non-hydrogen) atoms. The smallest absolute Gasteiger partial charge is 0.242 e. The summed E-state index contributed by atoms with van der Waals surface area (Å²) in [5.74, 6) is 0.505. The molecule has 0 saturated carbocycles. The third kappa shape index (κ3) is 4.44. The van der Waals surface area contributed by atoms with Crippen molar-refractivity contribution in [1.29, 1.82) is 0 Å². The highest BCUT2D eigenvalue weighted by Gasteiger charge is 2.22. The van der Waals surface area contributed by atoms with Crippen LogP contribution in [-0.4, -0.2) is 38.9 Å². The maximum absolute atomic E-state index is 12.1. The Morgan fingerprint density at radius 2 is 2.14 bits per heavy atom. The van der Waals surface area contributed by atoms with Crippen LogP contribution in [0.5, 0.6) is 0 Å². The Kier molecular flexibility index (Phi) is 5.83. The lowest BCUT2D eigenvalue weighted by Gasteiger charge is -2.31. The van der Waals surface area contributed by atoms with Crippen molar-refractivity contribution in [2.24, 2.45) is 5.92 Å². The van der Waals surface area contributed by atoms with Gasteiger partial charge in [-0.1, -0.05) is 30.7 Å². The first-order chi connectivity index (χ1) is 10.4. The first kappa shape index (κ1) is 17.2. The van der Waals surface area contributed by atoms with Gasteiger partial charge in [-0.05, 0) is 30.9 Å². The zero-order valence-corrected chi connectivity index (χ0v) is 14.2. The fraction of sp³-hybridized carbons (Fsp3) is 0.533. The minimum absolute atomic E-state index is 0.00610. The molecule has 1 aliphatic heterocycles. The molecule has 1 unspecified atom stereocenters. The molecule has 2 rings (SSSR count). The minimum atomic E-state index is -3.68. The van der Waals surface area contributed by atoms with Gasteiger partial charge in [0.2, 0.25) is 15.9 Å². The van der Waals surface area contributed by atoms with Crippen LogP contribution in [0.1, 0.15) is 26.2 Å². The number of rotatable bonds is 5. The monoisotopic (exact) mass is 344 g/mol. The summed E-state index contributed by atoms with van der Waals surface area (Å²) in [6, 6.07) is 6.25. The summed E-state index contributed by atoms with van der Waals surface area (Å²) in [5, 5.41) is 0.172. The van der Waals surface area contributed by atoms with Crippen molar-refractivity contribution in [2.75, 3.05) is 19.6 Å². The molecular formula is C15H21ClN2O3S. The third-order valence-electron chi connectivity index (χ3n) is 3.77. The average molecular weight is 345 g/mol. The maximum atomic E-state index is 12.1. The molecule has 0 aliphatic carbocycles. The molecule has 0 radical (unpaired) electrons. The van der Waals surface area contributed by atoms with E-state index in [4.69, 9.17) is 11.6 Å². The Morgan fingerprint density at radius 1 is 1.41 bits per heavy atom. The number of hydrogen-bond acceptors (Lipinski definition) is 3. The molecule has 1 aliphatic rings. The lowest BCUT2D eigenvalue weighted by Crippen LogP contribution is -2.40. The molecule has 1 fully saturated rings. The molecule has 1 aromatic carbocycles. The molecule has 5 nitrogen and oxygen atoms in total. The summed E-state index contributed by atoms with van der Waals surface area (Å²) in [6.45, 7) is 3.73. The molecule has 0 bridgehead atoms. The predicted octanol–water partition coefficient (Wildman–Crippen LogP) is 2.27. The molecule has 1 atom stereocenters. The van der Waals surface area contributed by atoms with Crippen molar-refractivity contribution < 1.29 is 13.2 Å². The number of benzene rings is 1. The molecule has 0 spiro atoms. The van der Waals surface area contributed by atoms with Crippen LogP contribution < -0.4 is 4.72 Å². The zero-order chi connectivity index (χ0) is 16.2. The van der Waals surface area contributed by atoms with E-state index in [0.717, 1.165) is 25.9 Å². The van der Waals surface area contributed by atoms with Gasteiger partial charge in [-0.25, -0.2) is 13.1 Å². The Labute approximate surface area is 136 Å². The van der Waals surface area contributed by atoms with Crippen LogP contribution in [0.25, 0.3) is 0 Å². The van der Waals surface area contributed by atoms with Gasteiger partial charge in [-0.3, -0.25) is 4.79 Å². The van der Waals surface area contributed by atoms with Gasteiger partial charge in [0.05, 0.1) is 5.02 Å². The van der Waals surface area contributed by atoms with Crippen molar-refractivity contribution in [3.8, 4) is 0 Å². The van der Waals surface area contributed by atoms with Crippen LogP contribution in [0, 0.1) is 5.92 Å². The largest absolute Gasteiger partial charge is 0.342 e. The van der Waals surface area contributed by atoms with Crippen LogP contribution >= 0.6 is 11.6 Å². The van der Waals surface area contributed by atoms with E-state index in [1.165, 1.54) is 12.1 Å². The molecule has 1 amide bonds. The van der Waals surface area contributed by atoms with E-state index in [-0.39, 0.29) is 28.8 Å². The Morgan fingerprint density at radius 3 is 2.82 bits per heavy atom. The molecule has 1 heterocycles. The van der Waals surface area contributed by atoms with Gasteiger partial charge in [0.15, 0.2) is 0 Å². The Balaban J connectivity index is 1.88. The van der Waals surface area contributed by atoms with Gasteiger partial charge in [-0.15, -0.1) is 0 Å². The molecule has 0 aromatic heterocycles. The van der Waals surface area contributed by atoms with Crippen molar-refractivity contribution in [3.63, 3.8) is 0 Å². The summed E-state index contributed by atoms with van der Waals surface area (Å²) in [7, 11) is -3.68. The maximum Gasteiger partial charge on any atom is 0.242 e. The summed E-state index contributed by atoms with van der Waals surface area (Å²) >= 11 is 5.89. The number of nitrogens with one attached hydrogen (secondary N) is 1. The van der Waals surface area contributed by atoms with Crippen molar-refractivity contribution in [1.82, 2.24) is 9.62 Å². The van der Waals surface area contributed by atoms with Crippen molar-refractivity contribution >= 4 is 27.5 Å². The standard InChI is InChI=1S/C15H21ClN2O3S/c1-12-5-4-10-18(11-12)15(19)8-9-17-22(20,21)14-7-3-2-6-13(14)16/h2-3,6-7,12,17H,4-5,8-11H2,1H3. The molecule has 1 saturated heterocycles. The normalized spacial score (nSPS) is 19.2. The second-order valence-electron chi connectivity index (χ2n) is 5.67. The summed E-state index contributed by atoms with van der Waals surface area (Å²) in [4.78, 5) is 14.0. The van der Waals surface area contributed by atoms with Crippen molar-refractivity contribution in [2.45, 2.75) is 31.1 Å². The highest BCUT2D eigenvalue weighted by atomic mass is 35.5. The fourth-order valence-corrected chi connectivity index (χ4v) is 4.16. The van der Waals surface area contributed by atoms with Crippen LogP contribution in [0.15, 0.2) is 29.2 Å². The summed E-state index contributed by atoms with van der Waals surface area (Å²) < 4.78 is 26.7. The van der Waals surface area contributed by atoms with Gasteiger partial charge in [0.25, 0.3) is 0 Å². The molecule has 1 aromatic rings. The highest BCUT2D eigenvalue weighted by molar-refractivity contribution is 7.89. The quantitative estimate of drug-likeness (QED) is 0.891. The lowest BCUT2D eigenvalue weighted by atomic mass is 10.0. The number of likely N-dealkylation sites (tertiary alicyclic amines) is 1. The lowest BCUT2D eigenvalue weighted by molar-refractivity contribution is -0.132. The minimum Gasteiger partial charge on any atom is -0.342 e. The third-order valence-corrected chi connectivity index (χ3v) is 5.73. The van der Waals surface area contributed by atoms with E-state index in [1.807, 2.05) is 4.90 Å². The SMILES string of the molecule is CC1CCCN(C(=O)CCNS(=O)(=O)c2ccccc2Cl)C1. The van der Waals surface area contributed by atoms with Gasteiger partial charge < -0.3 is 4.90 Å². The van der Waals surface area contributed by atoms with Gasteiger partial charge in [-0.2, -0.15) is 0 Å². The fourth-order valence-electron chi connectivity index (χ4n) is 2.61. The Hall–Kier alpha value is -1.11. The Bertz CT molecular complexity index is 633. The number of nitrogens with zero attached hydrogens (tertiary/aromatic N) is 1. The predicted molar refractivity (Wildman–Crippen MR) is 86.2 cm³/mol. The van der Waals surface area contributed by atoms with Crippen LogP contribution in [0.2, 0.25) is 5.02 Å². The number of carbonyl (C=O) groups is 1. The van der Waals surface area contributed by atoms with Crippen LogP contribution in [0.3, 0.4) is 0 Å². The van der Waals surface area contributed by atoms with E-state index in [9.17, 15) is 13.2 Å². The number of hydrogen-bond donors (Lipinski definition) is 1. The summed E-state index contributed by atoms with van der Waals surface area (Å²) in [6.07, 6.45) is 2.32. The number of amides is 1. The summed E-state index contributed by atoms with van der Waals surface area (Å²) in [5.41, 5.74) is 0. The number of halogens is 1. The molecular weight excluding hydrogens is 324 g/mol. The van der Waals surface area contributed by atoms with E-state index in [0.29, 0.717) is 5.92 Å². The molecule has 1 N–H and O–H groups in total. The number of piperidine rings is 1. The number of carbonyl (C=O) groups excluding carboxylic acids is 1. The van der Waals surface area contributed by atoms with Gasteiger partial charge >= 0.3 is 0 Å². The molecule has 122 valence electrons. The first-order valence-electron chi connectivity index (χ1n) is 7.42. The van der Waals surface area contributed by atoms with Crippen molar-refractivity contribution in [3.05, 3.63) is 29.3 Å². The van der Waals surface area contributed by atoms with Crippen LogP contribution in [-0.2, 0) is 14.8 Å². The number of sulfonamides is 1. The van der Waals surface area contributed by atoms with E-state index < -0.39 is 10.0 Å². The second kappa shape index (κ2) is 7.44. The van der Waals surface area contributed by atoms with E-state index >= 15 is 0 Å². The zero-order valence-electron chi connectivity index (χ0n) is 12.6. The average Bonchev–Trinajstić information content (AvgIpc) is 2.47. The first-order valence-corrected chi connectivity index (χ1v) is 9.28. The second-order valence-corrected chi connectivity index (χ2v) is 7.81. The van der Waals surface area contributed by atoms with E-state index in [1.54, 1.807) is 12.1 Å². The van der Waals surface area contributed by atoms with Gasteiger partial charge in [0.1, 0.15) is 4.90 Å². The van der Waals surface area contributed by atoms with Gasteiger partial charge in [0, 0.05) is 26.1 Å². The molecule has 7 heteroatoms. The highest BCUT2D eigenvalue weighted by Crippen LogP contribution is 2.20. The van der Waals surface area contributed by atoms with Crippen LogP contribution in [0.4, 0.5) is 0 Å².